The molecular formula is C21H21N3O5S2. The number of amides is 2. The molecule has 0 aliphatic carbocycles. The Kier molecular flexibility index (Phi) is 6.93. The predicted octanol–water partition coefficient (Wildman–Crippen LogP) is 3.33. The minimum Gasteiger partial charge on any atom is -0.494 e. The Morgan fingerprint density at radius 2 is 1.71 bits per heavy atom. The third-order valence-electron chi connectivity index (χ3n) is 4.19. The van der Waals surface area contributed by atoms with Crippen molar-refractivity contribution in [1.82, 2.24) is 10.9 Å². The van der Waals surface area contributed by atoms with Crippen molar-refractivity contribution in [2.75, 3.05) is 11.3 Å². The number of ether oxygens (including phenoxy) is 1. The summed E-state index contributed by atoms with van der Waals surface area (Å²) in [7, 11) is -3.95. The molecule has 0 radical (unpaired) electrons. The molecule has 0 aliphatic rings. The highest BCUT2D eigenvalue weighted by molar-refractivity contribution is 7.92. The van der Waals surface area contributed by atoms with Gasteiger partial charge < -0.3 is 4.74 Å². The van der Waals surface area contributed by atoms with Crippen LogP contribution in [0.3, 0.4) is 0 Å². The van der Waals surface area contributed by atoms with Gasteiger partial charge in [-0.1, -0.05) is 12.1 Å². The maximum Gasteiger partial charge on any atom is 0.279 e. The first-order chi connectivity index (χ1) is 14.8. The highest BCUT2D eigenvalue weighted by Crippen LogP contribution is 2.22. The summed E-state index contributed by atoms with van der Waals surface area (Å²) < 4.78 is 33.6. The summed E-state index contributed by atoms with van der Waals surface area (Å²) in [4.78, 5) is 24.8. The molecule has 0 saturated heterocycles. The minimum atomic E-state index is -3.95. The van der Waals surface area contributed by atoms with Crippen LogP contribution in [0.2, 0.25) is 0 Å². The molecule has 0 fully saturated rings. The third kappa shape index (κ3) is 5.62. The zero-order chi connectivity index (χ0) is 22.4. The zero-order valence-corrected chi connectivity index (χ0v) is 18.5. The van der Waals surface area contributed by atoms with Crippen molar-refractivity contribution in [2.24, 2.45) is 0 Å². The van der Waals surface area contributed by atoms with Crippen LogP contribution in [0.1, 0.15) is 32.5 Å². The number of rotatable bonds is 7. The maximum atomic E-state index is 12.9. The van der Waals surface area contributed by atoms with Gasteiger partial charge in [0.05, 0.1) is 16.4 Å². The second-order valence-electron chi connectivity index (χ2n) is 6.43. The van der Waals surface area contributed by atoms with Gasteiger partial charge in [0, 0.05) is 11.3 Å². The average molecular weight is 460 g/mol. The van der Waals surface area contributed by atoms with Crippen LogP contribution in [0.4, 0.5) is 5.69 Å². The van der Waals surface area contributed by atoms with Crippen molar-refractivity contribution in [3.05, 3.63) is 76.0 Å². The topological polar surface area (TPSA) is 114 Å². The number of nitrogens with one attached hydrogen (secondary N) is 3. The molecule has 0 unspecified atom stereocenters. The first-order valence-corrected chi connectivity index (χ1v) is 11.7. The summed E-state index contributed by atoms with van der Waals surface area (Å²) in [6.07, 6.45) is 0. The minimum absolute atomic E-state index is 0.0429. The van der Waals surface area contributed by atoms with E-state index in [0.29, 0.717) is 28.5 Å². The highest BCUT2D eigenvalue weighted by Gasteiger charge is 2.20. The Labute approximate surface area is 184 Å². The first kappa shape index (κ1) is 22.3. The van der Waals surface area contributed by atoms with Crippen LogP contribution in [-0.2, 0) is 10.0 Å². The highest BCUT2D eigenvalue weighted by atomic mass is 32.2. The number of aryl methyl sites for hydroxylation is 1. The Hall–Kier alpha value is -3.37. The molecule has 3 rings (SSSR count). The SMILES string of the molecule is CCOc1ccc(NS(=O)(=O)c2cc(C(=O)NNC(=O)c3cccs3)ccc2C)cc1. The molecule has 3 N–H and O–H groups in total. The van der Waals surface area contributed by atoms with Gasteiger partial charge in [0.2, 0.25) is 0 Å². The molecule has 2 amide bonds. The zero-order valence-electron chi connectivity index (χ0n) is 16.8. The van der Waals surface area contributed by atoms with Crippen molar-refractivity contribution in [3.8, 4) is 5.75 Å². The molecule has 0 atom stereocenters. The molecule has 0 saturated carbocycles. The van der Waals surface area contributed by atoms with Crippen LogP contribution < -0.4 is 20.3 Å². The number of benzene rings is 2. The van der Waals surface area contributed by atoms with Crippen molar-refractivity contribution < 1.29 is 22.7 Å². The van der Waals surface area contributed by atoms with Gasteiger partial charge in [0.15, 0.2) is 0 Å². The summed E-state index contributed by atoms with van der Waals surface area (Å²) in [6, 6.07) is 14.1. The number of carbonyl (C=O) groups excluding carboxylic acids is 2. The quantitative estimate of drug-likeness (QED) is 0.469. The van der Waals surface area contributed by atoms with E-state index in [1.54, 1.807) is 48.7 Å². The molecule has 8 nitrogen and oxygen atoms in total. The van der Waals surface area contributed by atoms with Crippen LogP contribution in [0.5, 0.6) is 5.75 Å². The van der Waals surface area contributed by atoms with E-state index in [-0.39, 0.29) is 10.5 Å². The lowest BCUT2D eigenvalue weighted by molar-refractivity contribution is 0.0848. The second-order valence-corrected chi connectivity index (χ2v) is 9.03. The molecule has 0 spiro atoms. The van der Waals surface area contributed by atoms with Gasteiger partial charge in [-0.2, -0.15) is 0 Å². The lowest BCUT2D eigenvalue weighted by Gasteiger charge is -2.13. The Morgan fingerprint density at radius 3 is 2.35 bits per heavy atom. The van der Waals surface area contributed by atoms with Crippen molar-refractivity contribution in [1.29, 1.82) is 0 Å². The van der Waals surface area contributed by atoms with E-state index in [1.807, 2.05) is 6.92 Å². The smallest absolute Gasteiger partial charge is 0.279 e. The number of hydrazine groups is 1. The number of carbonyl (C=O) groups is 2. The van der Waals surface area contributed by atoms with Crippen LogP contribution >= 0.6 is 11.3 Å². The van der Waals surface area contributed by atoms with E-state index in [9.17, 15) is 18.0 Å². The summed E-state index contributed by atoms with van der Waals surface area (Å²) in [5, 5.41) is 1.74. The molecule has 0 bridgehead atoms. The van der Waals surface area contributed by atoms with Gasteiger partial charge in [-0.25, -0.2) is 8.42 Å². The molecule has 0 aliphatic heterocycles. The fraction of sp³-hybridized carbons (Fsp3) is 0.143. The van der Waals surface area contributed by atoms with Crippen molar-refractivity contribution >= 4 is 38.9 Å². The summed E-state index contributed by atoms with van der Waals surface area (Å²) >= 11 is 1.23. The summed E-state index contributed by atoms with van der Waals surface area (Å²) in [5.41, 5.74) is 5.52. The number of thiophene rings is 1. The molecule has 31 heavy (non-hydrogen) atoms. The Morgan fingerprint density at radius 1 is 1.00 bits per heavy atom. The van der Waals surface area contributed by atoms with E-state index >= 15 is 0 Å². The average Bonchev–Trinajstić information content (AvgIpc) is 3.28. The van der Waals surface area contributed by atoms with Gasteiger partial charge in [0.25, 0.3) is 21.8 Å². The van der Waals surface area contributed by atoms with Gasteiger partial charge in [-0.05, 0) is 67.3 Å². The fourth-order valence-corrected chi connectivity index (χ4v) is 4.63. The normalized spacial score (nSPS) is 10.9. The number of sulfonamides is 1. The van der Waals surface area contributed by atoms with E-state index in [4.69, 9.17) is 4.74 Å². The molecule has 3 aromatic rings. The van der Waals surface area contributed by atoms with Gasteiger partial charge in [-0.15, -0.1) is 11.3 Å². The van der Waals surface area contributed by atoms with Crippen LogP contribution in [0.25, 0.3) is 0 Å². The molecule has 2 aromatic carbocycles. The standard InChI is InChI=1S/C21H21N3O5S2/c1-3-29-17-10-8-16(9-11-17)24-31(27,28)19-13-15(7-6-14(19)2)20(25)22-23-21(26)18-5-4-12-30-18/h4-13,24H,3H2,1-2H3,(H,22,25)(H,23,26). The largest absolute Gasteiger partial charge is 0.494 e. The predicted molar refractivity (Wildman–Crippen MR) is 119 cm³/mol. The van der Waals surface area contributed by atoms with Gasteiger partial charge >= 0.3 is 0 Å². The van der Waals surface area contributed by atoms with E-state index < -0.39 is 21.8 Å². The van der Waals surface area contributed by atoms with E-state index in [2.05, 4.69) is 15.6 Å². The Bertz CT molecular complexity index is 1170. The summed E-state index contributed by atoms with van der Waals surface area (Å²) in [6.45, 7) is 4.00. The molecule has 162 valence electrons. The third-order valence-corrected chi connectivity index (χ3v) is 6.58. The van der Waals surface area contributed by atoms with E-state index in [1.165, 1.54) is 29.5 Å². The molecular weight excluding hydrogens is 438 g/mol. The number of hydrogen-bond donors (Lipinski definition) is 3. The molecule has 10 heteroatoms. The van der Waals surface area contributed by atoms with E-state index in [0.717, 1.165) is 0 Å². The monoisotopic (exact) mass is 459 g/mol. The first-order valence-electron chi connectivity index (χ1n) is 9.30. The second kappa shape index (κ2) is 9.63. The van der Waals surface area contributed by atoms with Crippen LogP contribution in [0, 0.1) is 6.92 Å². The molecule has 1 aromatic heterocycles. The van der Waals surface area contributed by atoms with Crippen molar-refractivity contribution in [3.63, 3.8) is 0 Å². The van der Waals surface area contributed by atoms with Gasteiger partial charge in [0.1, 0.15) is 5.75 Å². The van der Waals surface area contributed by atoms with Crippen molar-refractivity contribution in [2.45, 2.75) is 18.7 Å². The lowest BCUT2D eigenvalue weighted by Crippen LogP contribution is -2.41. The van der Waals surface area contributed by atoms with Crippen LogP contribution in [-0.4, -0.2) is 26.8 Å². The number of hydrogen-bond acceptors (Lipinski definition) is 6. The number of anilines is 1. The fourth-order valence-electron chi connectivity index (χ4n) is 2.68. The maximum absolute atomic E-state index is 12.9. The lowest BCUT2D eigenvalue weighted by atomic mass is 10.1. The summed E-state index contributed by atoms with van der Waals surface area (Å²) in [5.74, 6) is -0.465. The Balaban J connectivity index is 1.74. The van der Waals surface area contributed by atoms with Crippen LogP contribution in [0.15, 0.2) is 64.9 Å². The van der Waals surface area contributed by atoms with Gasteiger partial charge in [-0.3, -0.25) is 25.2 Å². The molecule has 1 heterocycles.